The summed E-state index contributed by atoms with van der Waals surface area (Å²) in [5, 5.41) is 3.51. The van der Waals surface area contributed by atoms with E-state index in [0.29, 0.717) is 12.8 Å². The number of piperidine rings is 1. The average molecular weight is 242 g/mol. The Kier molecular flexibility index (Phi) is 2.44. The highest BCUT2D eigenvalue weighted by Crippen LogP contribution is 2.31. The Morgan fingerprint density at radius 3 is 2.83 bits per heavy atom. The lowest BCUT2D eigenvalue weighted by Crippen LogP contribution is -2.39. The first-order valence-electron chi connectivity index (χ1n) is 6.04. The van der Waals surface area contributed by atoms with Crippen LogP contribution in [0.3, 0.4) is 0 Å². The van der Waals surface area contributed by atoms with Crippen molar-refractivity contribution in [3.05, 3.63) is 36.0 Å². The molecule has 0 radical (unpaired) electrons. The predicted octanol–water partition coefficient (Wildman–Crippen LogP) is 1.70. The van der Waals surface area contributed by atoms with Gasteiger partial charge < -0.3 is 4.57 Å². The van der Waals surface area contributed by atoms with Gasteiger partial charge in [-0.05, 0) is 18.1 Å². The predicted molar refractivity (Wildman–Crippen MR) is 68.0 cm³/mol. The lowest BCUT2D eigenvalue weighted by molar-refractivity contribution is -0.134. The molecule has 2 heterocycles. The van der Waals surface area contributed by atoms with E-state index in [4.69, 9.17) is 0 Å². The first-order chi connectivity index (χ1) is 8.66. The van der Waals surface area contributed by atoms with Gasteiger partial charge in [-0.25, -0.2) is 0 Å². The zero-order valence-electron chi connectivity index (χ0n) is 10.1. The quantitative estimate of drug-likeness (QED) is 0.774. The van der Waals surface area contributed by atoms with Gasteiger partial charge in [0.05, 0.1) is 5.92 Å². The normalized spacial score (nSPS) is 20.2. The summed E-state index contributed by atoms with van der Waals surface area (Å²) in [5.41, 5.74) is 2.12. The van der Waals surface area contributed by atoms with Crippen LogP contribution in [-0.4, -0.2) is 16.4 Å². The minimum absolute atomic E-state index is 0.170. The van der Waals surface area contributed by atoms with Crippen LogP contribution >= 0.6 is 0 Å². The molecule has 0 aliphatic carbocycles. The highest BCUT2D eigenvalue weighted by Gasteiger charge is 2.29. The molecule has 1 fully saturated rings. The number of fused-ring (bicyclic) bond motifs is 1. The Morgan fingerprint density at radius 2 is 2.06 bits per heavy atom. The highest BCUT2D eigenvalue weighted by atomic mass is 16.2. The molecule has 1 aromatic heterocycles. The maximum Gasteiger partial charge on any atom is 0.234 e. The number of rotatable bonds is 1. The smallest absolute Gasteiger partial charge is 0.234 e. The number of nitrogens with zero attached hydrogens (tertiary/aromatic N) is 1. The summed E-state index contributed by atoms with van der Waals surface area (Å²) in [6, 6.07) is 8.01. The van der Waals surface area contributed by atoms with E-state index in [1.54, 1.807) is 0 Å². The molecule has 1 aliphatic rings. The average Bonchev–Trinajstić information content (AvgIpc) is 2.68. The molecule has 92 valence electrons. The minimum Gasteiger partial charge on any atom is -0.350 e. The molecule has 0 spiro atoms. The third kappa shape index (κ3) is 1.61. The second-order valence-electron chi connectivity index (χ2n) is 4.72. The number of para-hydroxylation sites is 1. The van der Waals surface area contributed by atoms with Gasteiger partial charge in [0.15, 0.2) is 0 Å². The first-order valence-corrected chi connectivity index (χ1v) is 6.04. The summed E-state index contributed by atoms with van der Waals surface area (Å²) in [7, 11) is 1.97. The molecule has 4 heteroatoms. The Labute approximate surface area is 105 Å². The van der Waals surface area contributed by atoms with Gasteiger partial charge in [-0.2, -0.15) is 0 Å². The van der Waals surface area contributed by atoms with Crippen molar-refractivity contribution in [1.82, 2.24) is 9.88 Å². The summed E-state index contributed by atoms with van der Waals surface area (Å²) in [6.07, 6.45) is 3.00. The van der Waals surface area contributed by atoms with Crippen molar-refractivity contribution in [2.75, 3.05) is 0 Å². The van der Waals surface area contributed by atoms with Crippen LogP contribution < -0.4 is 5.32 Å². The van der Waals surface area contributed by atoms with Crippen molar-refractivity contribution in [3.8, 4) is 0 Å². The van der Waals surface area contributed by atoms with E-state index in [-0.39, 0.29) is 17.7 Å². The Bertz CT molecular complexity index is 642. The molecular weight excluding hydrogens is 228 g/mol. The molecular formula is C14H14N2O2. The molecule has 1 N–H and O–H groups in total. The molecule has 1 aliphatic heterocycles. The number of hydrogen-bond donors (Lipinski definition) is 1. The van der Waals surface area contributed by atoms with Gasteiger partial charge >= 0.3 is 0 Å². The molecule has 1 aromatic carbocycles. The summed E-state index contributed by atoms with van der Waals surface area (Å²) < 4.78 is 2.02. The fourth-order valence-corrected chi connectivity index (χ4v) is 2.64. The summed E-state index contributed by atoms with van der Waals surface area (Å²) in [6.45, 7) is 0. The zero-order chi connectivity index (χ0) is 12.7. The van der Waals surface area contributed by atoms with E-state index >= 15 is 0 Å². The van der Waals surface area contributed by atoms with Crippen LogP contribution in [0.5, 0.6) is 0 Å². The minimum atomic E-state index is -0.214. The van der Waals surface area contributed by atoms with Crippen molar-refractivity contribution in [1.29, 1.82) is 0 Å². The van der Waals surface area contributed by atoms with Gasteiger partial charge in [0.2, 0.25) is 11.8 Å². The number of carbonyl (C=O) groups is 2. The van der Waals surface area contributed by atoms with E-state index in [1.165, 1.54) is 0 Å². The van der Waals surface area contributed by atoms with Crippen molar-refractivity contribution in [2.45, 2.75) is 18.8 Å². The van der Waals surface area contributed by atoms with Crippen LogP contribution in [0.15, 0.2) is 30.5 Å². The molecule has 2 aromatic rings. The van der Waals surface area contributed by atoms with Gasteiger partial charge in [0.1, 0.15) is 0 Å². The van der Waals surface area contributed by atoms with Crippen molar-refractivity contribution < 1.29 is 9.59 Å². The fourth-order valence-electron chi connectivity index (χ4n) is 2.64. The Morgan fingerprint density at radius 1 is 1.28 bits per heavy atom. The lowest BCUT2D eigenvalue weighted by Gasteiger charge is -2.20. The number of aryl methyl sites for hydroxylation is 1. The van der Waals surface area contributed by atoms with Gasteiger partial charge in [-0.15, -0.1) is 0 Å². The molecule has 0 saturated carbocycles. The van der Waals surface area contributed by atoms with Gasteiger partial charge in [0, 0.05) is 30.6 Å². The molecule has 1 atom stereocenters. The van der Waals surface area contributed by atoms with Crippen molar-refractivity contribution in [2.24, 2.45) is 7.05 Å². The van der Waals surface area contributed by atoms with Crippen LogP contribution in [0.25, 0.3) is 10.9 Å². The largest absolute Gasteiger partial charge is 0.350 e. The summed E-state index contributed by atoms with van der Waals surface area (Å²) >= 11 is 0. The number of carbonyl (C=O) groups excluding carboxylic acids is 2. The number of aromatic nitrogens is 1. The third-order valence-electron chi connectivity index (χ3n) is 3.54. The number of benzene rings is 1. The maximum atomic E-state index is 11.9. The van der Waals surface area contributed by atoms with Crippen molar-refractivity contribution >= 4 is 22.7 Å². The van der Waals surface area contributed by atoms with Gasteiger partial charge in [-0.3, -0.25) is 14.9 Å². The third-order valence-corrected chi connectivity index (χ3v) is 3.54. The molecule has 4 nitrogen and oxygen atoms in total. The molecule has 18 heavy (non-hydrogen) atoms. The topological polar surface area (TPSA) is 51.1 Å². The molecule has 1 saturated heterocycles. The number of imide groups is 1. The van der Waals surface area contributed by atoms with E-state index in [2.05, 4.69) is 5.32 Å². The Balaban J connectivity index is 2.09. The van der Waals surface area contributed by atoms with Gasteiger partial charge in [-0.1, -0.05) is 18.2 Å². The zero-order valence-corrected chi connectivity index (χ0v) is 10.1. The van der Waals surface area contributed by atoms with Crippen molar-refractivity contribution in [3.63, 3.8) is 0 Å². The molecule has 0 bridgehead atoms. The van der Waals surface area contributed by atoms with Gasteiger partial charge in [0.25, 0.3) is 0 Å². The van der Waals surface area contributed by atoms with Crippen LogP contribution in [0.4, 0.5) is 0 Å². The van der Waals surface area contributed by atoms with E-state index in [1.807, 2.05) is 42.1 Å². The Hall–Kier alpha value is -2.10. The van der Waals surface area contributed by atoms with Crippen LogP contribution in [0.2, 0.25) is 0 Å². The lowest BCUT2D eigenvalue weighted by atomic mass is 9.90. The van der Waals surface area contributed by atoms with E-state index < -0.39 is 0 Å². The molecule has 1 unspecified atom stereocenters. The number of hydrogen-bond acceptors (Lipinski definition) is 2. The fraction of sp³-hybridized carbons (Fsp3) is 0.286. The second kappa shape index (κ2) is 3.98. The van der Waals surface area contributed by atoms with E-state index in [0.717, 1.165) is 16.5 Å². The van der Waals surface area contributed by atoms with Crippen LogP contribution in [-0.2, 0) is 16.6 Å². The van der Waals surface area contributed by atoms with Crippen LogP contribution in [0.1, 0.15) is 24.3 Å². The highest BCUT2D eigenvalue weighted by molar-refractivity contribution is 6.03. The standard InChI is InChI=1S/C14H14N2O2/c1-16-8-11(9-4-2-3-5-12(9)16)10-6-7-13(17)15-14(10)18/h2-5,8,10H,6-7H2,1H3,(H,15,17,18). The second-order valence-corrected chi connectivity index (χ2v) is 4.72. The summed E-state index contributed by atoms with van der Waals surface area (Å²) in [5.74, 6) is -0.562. The molecule has 3 rings (SSSR count). The monoisotopic (exact) mass is 242 g/mol. The van der Waals surface area contributed by atoms with E-state index in [9.17, 15) is 9.59 Å². The maximum absolute atomic E-state index is 11.9. The number of nitrogens with one attached hydrogen (secondary N) is 1. The first kappa shape index (κ1) is 11.0. The number of amides is 2. The molecule has 2 amide bonds. The summed E-state index contributed by atoms with van der Waals surface area (Å²) in [4.78, 5) is 23.1. The SMILES string of the molecule is Cn1cc(C2CCC(=O)NC2=O)c2ccccc21. The van der Waals surface area contributed by atoms with Crippen LogP contribution in [0, 0.1) is 0 Å².